The van der Waals surface area contributed by atoms with E-state index in [0.29, 0.717) is 6.42 Å². The lowest BCUT2D eigenvalue weighted by molar-refractivity contribution is -0.160. The van der Waals surface area contributed by atoms with Crippen LogP contribution in [0.5, 0.6) is 0 Å². The molecule has 5 atom stereocenters. The van der Waals surface area contributed by atoms with Gasteiger partial charge in [0.25, 0.3) is 5.91 Å². The molecule has 2 rings (SSSR count). The third-order valence-corrected chi connectivity index (χ3v) is 7.10. The van der Waals surface area contributed by atoms with Crippen LogP contribution in [-0.4, -0.2) is 87.6 Å². The molecule has 0 fully saturated rings. The van der Waals surface area contributed by atoms with Gasteiger partial charge >= 0.3 is 6.09 Å². The van der Waals surface area contributed by atoms with Crippen LogP contribution in [0.1, 0.15) is 52.7 Å². The maximum absolute atomic E-state index is 13.1. The molecule has 2 amide bonds. The molecule has 2 aromatic rings. The van der Waals surface area contributed by atoms with Gasteiger partial charge in [-0.05, 0) is 44.7 Å². The lowest BCUT2D eigenvalue weighted by Crippen LogP contribution is -2.62. The Kier molecular flexibility index (Phi) is 12.9. The van der Waals surface area contributed by atoms with Gasteiger partial charge in [-0.3, -0.25) is 4.79 Å². The van der Waals surface area contributed by atoms with Crippen LogP contribution in [-0.2, 0) is 22.4 Å². The molecule has 0 aliphatic rings. The van der Waals surface area contributed by atoms with Gasteiger partial charge in [0.2, 0.25) is 0 Å². The van der Waals surface area contributed by atoms with Crippen molar-refractivity contribution < 1.29 is 34.8 Å². The molecule has 0 heterocycles. The second-order valence-corrected chi connectivity index (χ2v) is 12.8. The molecular weight excluding hydrogens is 538 g/mol. The van der Waals surface area contributed by atoms with E-state index in [4.69, 9.17) is 4.74 Å². The van der Waals surface area contributed by atoms with Crippen molar-refractivity contribution in [2.45, 2.75) is 89.9 Å². The molecule has 7 N–H and O–H groups in total. The van der Waals surface area contributed by atoms with E-state index in [1.807, 2.05) is 60.7 Å². The molecule has 0 saturated carbocycles. The first kappa shape index (κ1) is 35.2. The maximum Gasteiger partial charge on any atom is 0.407 e. The Morgan fingerprint density at radius 2 is 1.19 bits per heavy atom. The average Bonchev–Trinajstić information content (AvgIpc) is 2.91. The maximum atomic E-state index is 13.1. The van der Waals surface area contributed by atoms with E-state index in [2.05, 4.69) is 16.0 Å². The van der Waals surface area contributed by atoms with E-state index in [0.717, 1.165) is 11.1 Å². The van der Waals surface area contributed by atoms with E-state index >= 15 is 0 Å². The number of carbonyl (C=O) groups excluding carboxylic acids is 2. The Morgan fingerprint density at radius 1 is 0.762 bits per heavy atom. The highest BCUT2D eigenvalue weighted by atomic mass is 16.6. The molecular formula is C32H49N3O7. The predicted octanol–water partition coefficient (Wildman–Crippen LogP) is 1.93. The van der Waals surface area contributed by atoms with Crippen molar-refractivity contribution in [3.05, 3.63) is 71.8 Å². The number of nitrogens with one attached hydrogen (secondary N) is 3. The van der Waals surface area contributed by atoms with Crippen LogP contribution < -0.4 is 16.0 Å². The summed E-state index contributed by atoms with van der Waals surface area (Å²) in [5.41, 5.74) is -1.97. The molecule has 0 saturated heterocycles. The Hall–Kier alpha value is -3.02. The Balaban J connectivity index is 2.12. The van der Waals surface area contributed by atoms with Crippen LogP contribution in [0.3, 0.4) is 0 Å². The number of aliphatic hydroxyl groups excluding tert-OH is 3. The highest BCUT2D eigenvalue weighted by Crippen LogP contribution is 2.30. The third-order valence-electron chi connectivity index (χ3n) is 7.10. The molecule has 234 valence electrons. The van der Waals surface area contributed by atoms with Gasteiger partial charge < -0.3 is 41.1 Å². The number of carbonyl (C=O) groups is 2. The van der Waals surface area contributed by atoms with Gasteiger partial charge in [-0.1, -0.05) is 81.4 Å². The summed E-state index contributed by atoms with van der Waals surface area (Å²) in [6.45, 7) is 9.44. The van der Waals surface area contributed by atoms with Crippen molar-refractivity contribution in [1.82, 2.24) is 16.0 Å². The Morgan fingerprint density at radius 3 is 1.57 bits per heavy atom. The van der Waals surface area contributed by atoms with Crippen LogP contribution in [0.25, 0.3) is 0 Å². The summed E-state index contributed by atoms with van der Waals surface area (Å²) in [4.78, 5) is 25.7. The highest BCUT2D eigenvalue weighted by molar-refractivity contribution is 5.86. The SMILES string of the molecule is CC(C)(C)OC(=O)N[C@@H](Cc1ccccc1)[C@H](O)CNC[C@@H](O)[C@H](Cc1ccccc1)NC(=O)C(O)(CO)C(C)(C)C. The van der Waals surface area contributed by atoms with Gasteiger partial charge in [-0.2, -0.15) is 0 Å². The minimum atomic E-state index is -2.07. The summed E-state index contributed by atoms with van der Waals surface area (Å²) in [7, 11) is 0. The van der Waals surface area contributed by atoms with Crippen LogP contribution in [0, 0.1) is 5.41 Å². The second-order valence-electron chi connectivity index (χ2n) is 12.8. The molecule has 10 heteroatoms. The number of amides is 2. The number of rotatable bonds is 14. The molecule has 0 radical (unpaired) electrons. The van der Waals surface area contributed by atoms with Crippen molar-refractivity contribution in [2.24, 2.45) is 5.41 Å². The predicted molar refractivity (Wildman–Crippen MR) is 162 cm³/mol. The largest absolute Gasteiger partial charge is 0.444 e. The number of hydrogen-bond acceptors (Lipinski definition) is 8. The smallest absolute Gasteiger partial charge is 0.407 e. The molecule has 0 bridgehead atoms. The Labute approximate surface area is 249 Å². The fraction of sp³-hybridized carbons (Fsp3) is 0.562. The molecule has 1 unspecified atom stereocenters. The molecule has 0 spiro atoms. The van der Waals surface area contributed by atoms with Crippen LogP contribution in [0.2, 0.25) is 0 Å². The first-order valence-corrected chi connectivity index (χ1v) is 14.3. The summed E-state index contributed by atoms with van der Waals surface area (Å²) in [6.07, 6.45) is -2.18. The van der Waals surface area contributed by atoms with Crippen LogP contribution in [0.15, 0.2) is 60.7 Å². The van der Waals surface area contributed by atoms with Crippen molar-refractivity contribution in [2.75, 3.05) is 19.7 Å². The number of aliphatic hydroxyl groups is 4. The van der Waals surface area contributed by atoms with E-state index in [-0.39, 0.29) is 19.5 Å². The molecule has 0 aliphatic heterocycles. The molecule has 2 aromatic carbocycles. The first-order chi connectivity index (χ1) is 19.6. The van der Waals surface area contributed by atoms with Gasteiger partial charge in [-0.25, -0.2) is 4.79 Å². The average molecular weight is 588 g/mol. The van der Waals surface area contributed by atoms with Crippen molar-refractivity contribution in [1.29, 1.82) is 0 Å². The van der Waals surface area contributed by atoms with Gasteiger partial charge in [-0.15, -0.1) is 0 Å². The number of alkyl carbamates (subject to hydrolysis) is 1. The summed E-state index contributed by atoms with van der Waals surface area (Å²) < 4.78 is 5.38. The van der Waals surface area contributed by atoms with Crippen molar-refractivity contribution >= 4 is 12.0 Å². The van der Waals surface area contributed by atoms with Gasteiger partial charge in [0, 0.05) is 18.5 Å². The van der Waals surface area contributed by atoms with E-state index < -0.39 is 59.5 Å². The number of ether oxygens (including phenoxy) is 1. The van der Waals surface area contributed by atoms with E-state index in [9.17, 15) is 30.0 Å². The number of benzene rings is 2. The molecule has 0 aliphatic carbocycles. The standard InChI is InChI=1S/C32H49N3O7/c1-30(2,3)32(41,21-36)28(39)34-24(17-22-13-9-7-10-14-22)26(37)19-33-20-27(38)25(18-23-15-11-8-12-16-23)35-29(40)42-31(4,5)6/h7-16,24-27,33,36-38,41H,17-21H2,1-6H3,(H,34,39)(H,35,40)/t24-,25-,26+,27+,32?/m0/s1. The van der Waals surface area contributed by atoms with E-state index in [1.54, 1.807) is 41.5 Å². The van der Waals surface area contributed by atoms with Crippen LogP contribution >= 0.6 is 0 Å². The zero-order valence-electron chi connectivity index (χ0n) is 25.6. The quantitative estimate of drug-likeness (QED) is 0.177. The zero-order chi connectivity index (χ0) is 31.6. The van der Waals surface area contributed by atoms with Gasteiger partial charge in [0.05, 0.1) is 30.9 Å². The minimum Gasteiger partial charge on any atom is -0.444 e. The third kappa shape index (κ3) is 11.0. The second kappa shape index (κ2) is 15.5. The Bertz CT molecular complexity index is 1100. The zero-order valence-corrected chi connectivity index (χ0v) is 25.6. The minimum absolute atomic E-state index is 0.00753. The molecule has 10 nitrogen and oxygen atoms in total. The normalized spacial score (nSPS) is 16.4. The van der Waals surface area contributed by atoms with Crippen LogP contribution in [0.4, 0.5) is 4.79 Å². The summed E-state index contributed by atoms with van der Waals surface area (Å²) >= 11 is 0. The van der Waals surface area contributed by atoms with Crippen molar-refractivity contribution in [3.8, 4) is 0 Å². The fourth-order valence-corrected chi connectivity index (χ4v) is 4.36. The first-order valence-electron chi connectivity index (χ1n) is 14.3. The fourth-order valence-electron chi connectivity index (χ4n) is 4.36. The molecule has 0 aromatic heterocycles. The number of hydrogen-bond donors (Lipinski definition) is 7. The highest BCUT2D eigenvalue weighted by Gasteiger charge is 2.47. The van der Waals surface area contributed by atoms with Gasteiger partial charge in [0.15, 0.2) is 5.60 Å². The van der Waals surface area contributed by atoms with Gasteiger partial charge in [0.1, 0.15) is 5.60 Å². The van der Waals surface area contributed by atoms with Crippen molar-refractivity contribution in [3.63, 3.8) is 0 Å². The lowest BCUT2D eigenvalue weighted by Gasteiger charge is -2.39. The topological polar surface area (TPSA) is 160 Å². The summed E-state index contributed by atoms with van der Waals surface area (Å²) in [6, 6.07) is 17.2. The summed E-state index contributed by atoms with van der Waals surface area (Å²) in [5.74, 6) is -0.790. The lowest BCUT2D eigenvalue weighted by atomic mass is 9.76. The monoisotopic (exact) mass is 587 g/mol. The summed E-state index contributed by atoms with van der Waals surface area (Å²) in [5, 5.41) is 51.5. The van der Waals surface area contributed by atoms with E-state index in [1.165, 1.54) is 0 Å². The molecule has 42 heavy (non-hydrogen) atoms.